The zero-order valence-electron chi connectivity index (χ0n) is 12.9. The van der Waals surface area contributed by atoms with E-state index in [-0.39, 0.29) is 17.9 Å². The second-order valence-corrected chi connectivity index (χ2v) is 5.75. The monoisotopic (exact) mass is 312 g/mol. The maximum atomic E-state index is 12.3. The Morgan fingerprint density at radius 2 is 2.09 bits per heavy atom. The number of likely N-dealkylation sites (tertiary alicyclic amines) is 1. The van der Waals surface area contributed by atoms with E-state index >= 15 is 0 Å². The lowest BCUT2D eigenvalue weighted by Crippen LogP contribution is -2.38. The third-order valence-electron chi connectivity index (χ3n) is 4.09. The molecule has 1 atom stereocenters. The molecule has 3 rings (SSSR count). The van der Waals surface area contributed by atoms with Crippen molar-refractivity contribution in [2.45, 2.75) is 25.3 Å². The molecule has 0 saturated carbocycles. The van der Waals surface area contributed by atoms with Crippen LogP contribution in [0.3, 0.4) is 0 Å². The molecule has 2 heterocycles. The number of hydrogen-bond donors (Lipinski definition) is 2. The van der Waals surface area contributed by atoms with Gasteiger partial charge in [-0.1, -0.05) is 30.3 Å². The molecule has 2 N–H and O–H groups in total. The van der Waals surface area contributed by atoms with E-state index in [0.717, 1.165) is 12.8 Å². The highest BCUT2D eigenvalue weighted by atomic mass is 16.2. The summed E-state index contributed by atoms with van der Waals surface area (Å²) >= 11 is 0. The molecule has 1 aromatic heterocycles. The fraction of sp³-hybridized carbons (Fsp3) is 0.353. The predicted octanol–water partition coefficient (Wildman–Crippen LogP) is 1.37. The molecule has 0 aliphatic carbocycles. The third kappa shape index (κ3) is 3.97. The molecule has 0 radical (unpaired) electrons. The highest BCUT2D eigenvalue weighted by Crippen LogP contribution is 2.13. The molecule has 120 valence electrons. The van der Waals surface area contributed by atoms with Crippen LogP contribution in [-0.2, 0) is 11.2 Å². The van der Waals surface area contributed by atoms with Crippen LogP contribution in [0.5, 0.6) is 0 Å². The molecule has 1 aliphatic rings. The number of amides is 2. The van der Waals surface area contributed by atoms with E-state index in [0.29, 0.717) is 25.2 Å². The highest BCUT2D eigenvalue weighted by molar-refractivity contribution is 5.92. The number of rotatable bonds is 5. The molecule has 1 aliphatic heterocycles. The fourth-order valence-corrected chi connectivity index (χ4v) is 2.80. The molecule has 0 bridgehead atoms. The summed E-state index contributed by atoms with van der Waals surface area (Å²) in [5.74, 6) is -0.0294. The Morgan fingerprint density at radius 3 is 2.83 bits per heavy atom. The van der Waals surface area contributed by atoms with Crippen molar-refractivity contribution in [3.63, 3.8) is 0 Å². The first-order chi connectivity index (χ1) is 11.2. The normalized spacial score (nSPS) is 17.2. The van der Waals surface area contributed by atoms with Crippen molar-refractivity contribution in [3.8, 4) is 0 Å². The topological polar surface area (TPSA) is 78.1 Å². The number of H-pyrrole nitrogens is 1. The Morgan fingerprint density at radius 1 is 1.26 bits per heavy atom. The van der Waals surface area contributed by atoms with Crippen molar-refractivity contribution >= 4 is 11.8 Å². The first-order valence-electron chi connectivity index (χ1n) is 7.84. The van der Waals surface area contributed by atoms with Crippen LogP contribution < -0.4 is 5.32 Å². The molecule has 23 heavy (non-hydrogen) atoms. The minimum Gasteiger partial charge on any atom is -0.346 e. The molecule has 6 nitrogen and oxygen atoms in total. The molecule has 1 fully saturated rings. The first kappa shape index (κ1) is 15.3. The van der Waals surface area contributed by atoms with E-state index < -0.39 is 0 Å². The van der Waals surface area contributed by atoms with Gasteiger partial charge in [-0.15, -0.1) is 0 Å². The first-order valence-corrected chi connectivity index (χ1v) is 7.84. The van der Waals surface area contributed by atoms with Crippen molar-refractivity contribution in [1.82, 2.24) is 20.4 Å². The Hall–Kier alpha value is -2.63. The van der Waals surface area contributed by atoms with Gasteiger partial charge in [0.25, 0.3) is 5.91 Å². The van der Waals surface area contributed by atoms with E-state index in [1.807, 2.05) is 35.2 Å². The molecular formula is C17H20N4O2. The van der Waals surface area contributed by atoms with Gasteiger partial charge in [0.2, 0.25) is 5.91 Å². The highest BCUT2D eigenvalue weighted by Gasteiger charge is 2.27. The Labute approximate surface area is 134 Å². The van der Waals surface area contributed by atoms with E-state index in [1.165, 1.54) is 5.56 Å². The van der Waals surface area contributed by atoms with E-state index in [4.69, 9.17) is 0 Å². The summed E-state index contributed by atoms with van der Waals surface area (Å²) in [6, 6.07) is 11.6. The maximum Gasteiger partial charge on any atom is 0.269 e. The molecule has 0 unspecified atom stereocenters. The van der Waals surface area contributed by atoms with Gasteiger partial charge in [0.1, 0.15) is 5.69 Å². The largest absolute Gasteiger partial charge is 0.346 e. The number of nitrogens with zero attached hydrogens (tertiary/aromatic N) is 2. The minimum absolute atomic E-state index is 0.00600. The van der Waals surface area contributed by atoms with Crippen molar-refractivity contribution < 1.29 is 9.59 Å². The molecule has 2 aromatic rings. The number of benzene rings is 1. The second kappa shape index (κ2) is 7.09. The SMILES string of the molecule is O=C(N[C@@H]1CCN(C(=O)CCc2ccccc2)C1)c1ccn[nH]1. The predicted molar refractivity (Wildman–Crippen MR) is 85.8 cm³/mol. The minimum atomic E-state index is -0.175. The number of carbonyl (C=O) groups excluding carboxylic acids is 2. The second-order valence-electron chi connectivity index (χ2n) is 5.75. The number of aryl methyl sites for hydroxylation is 1. The van der Waals surface area contributed by atoms with Gasteiger partial charge in [-0.2, -0.15) is 5.10 Å². The van der Waals surface area contributed by atoms with Gasteiger partial charge >= 0.3 is 0 Å². The van der Waals surface area contributed by atoms with Gasteiger partial charge in [-0.3, -0.25) is 14.7 Å². The van der Waals surface area contributed by atoms with Crippen LogP contribution in [0, 0.1) is 0 Å². The Balaban J connectivity index is 1.45. The summed E-state index contributed by atoms with van der Waals surface area (Å²) in [5.41, 5.74) is 1.61. The number of aromatic nitrogens is 2. The van der Waals surface area contributed by atoms with Gasteiger partial charge in [0.05, 0.1) is 0 Å². The van der Waals surface area contributed by atoms with E-state index in [2.05, 4.69) is 15.5 Å². The summed E-state index contributed by atoms with van der Waals surface area (Å²) in [7, 11) is 0. The van der Waals surface area contributed by atoms with Gasteiger partial charge in [-0.25, -0.2) is 0 Å². The fourth-order valence-electron chi connectivity index (χ4n) is 2.80. The number of nitrogens with one attached hydrogen (secondary N) is 2. The Kier molecular flexibility index (Phi) is 4.71. The summed E-state index contributed by atoms with van der Waals surface area (Å²) in [4.78, 5) is 26.1. The molecule has 1 saturated heterocycles. The molecule has 2 amide bonds. The van der Waals surface area contributed by atoms with Crippen molar-refractivity contribution in [2.24, 2.45) is 0 Å². The zero-order valence-corrected chi connectivity index (χ0v) is 12.9. The van der Waals surface area contributed by atoms with Crippen LogP contribution in [0.1, 0.15) is 28.9 Å². The smallest absolute Gasteiger partial charge is 0.269 e. The van der Waals surface area contributed by atoms with Gasteiger partial charge in [0.15, 0.2) is 0 Å². The molecule has 6 heteroatoms. The summed E-state index contributed by atoms with van der Waals surface area (Å²) in [6.45, 7) is 1.27. The van der Waals surface area contributed by atoms with Gasteiger partial charge < -0.3 is 10.2 Å². The lowest BCUT2D eigenvalue weighted by molar-refractivity contribution is -0.130. The number of hydrogen-bond acceptors (Lipinski definition) is 3. The van der Waals surface area contributed by atoms with E-state index in [9.17, 15) is 9.59 Å². The maximum absolute atomic E-state index is 12.3. The third-order valence-corrected chi connectivity index (χ3v) is 4.09. The van der Waals surface area contributed by atoms with Crippen LogP contribution in [0.25, 0.3) is 0 Å². The summed E-state index contributed by atoms with van der Waals surface area (Å²) in [6.07, 6.45) is 3.59. The average Bonchev–Trinajstić information content (AvgIpc) is 3.25. The zero-order chi connectivity index (χ0) is 16.1. The van der Waals surface area contributed by atoms with Crippen LogP contribution >= 0.6 is 0 Å². The summed E-state index contributed by atoms with van der Waals surface area (Å²) in [5, 5.41) is 9.34. The quantitative estimate of drug-likeness (QED) is 0.875. The molecule has 0 spiro atoms. The van der Waals surface area contributed by atoms with Crippen molar-refractivity contribution in [2.75, 3.05) is 13.1 Å². The summed E-state index contributed by atoms with van der Waals surface area (Å²) < 4.78 is 0. The number of carbonyl (C=O) groups is 2. The van der Waals surface area contributed by atoms with Crippen LogP contribution in [-0.4, -0.2) is 46.0 Å². The van der Waals surface area contributed by atoms with Crippen molar-refractivity contribution in [1.29, 1.82) is 0 Å². The molecule has 1 aromatic carbocycles. The van der Waals surface area contributed by atoms with Crippen LogP contribution in [0.4, 0.5) is 0 Å². The Bertz CT molecular complexity index is 654. The van der Waals surface area contributed by atoms with Gasteiger partial charge in [-0.05, 0) is 24.5 Å². The molecular weight excluding hydrogens is 292 g/mol. The lowest BCUT2D eigenvalue weighted by atomic mass is 10.1. The van der Waals surface area contributed by atoms with Crippen LogP contribution in [0.15, 0.2) is 42.6 Å². The van der Waals surface area contributed by atoms with Crippen LogP contribution in [0.2, 0.25) is 0 Å². The standard InChI is InChI=1S/C17H20N4O2/c22-16(7-6-13-4-2-1-3-5-13)21-11-9-14(12-21)19-17(23)15-8-10-18-20-15/h1-5,8,10,14H,6-7,9,11-12H2,(H,18,20)(H,19,23)/t14-/m1/s1. The van der Waals surface area contributed by atoms with Crippen molar-refractivity contribution in [3.05, 3.63) is 53.9 Å². The van der Waals surface area contributed by atoms with E-state index in [1.54, 1.807) is 12.3 Å². The average molecular weight is 312 g/mol. The van der Waals surface area contributed by atoms with Gasteiger partial charge in [0, 0.05) is 31.7 Å². The number of aromatic amines is 1. The lowest BCUT2D eigenvalue weighted by Gasteiger charge is -2.17.